The molecule has 4 aliphatic rings. The van der Waals surface area contributed by atoms with Crippen molar-refractivity contribution in [3.05, 3.63) is 77.6 Å². The summed E-state index contributed by atoms with van der Waals surface area (Å²) >= 11 is 0. The third-order valence-corrected chi connectivity index (χ3v) is 10.2. The third-order valence-electron chi connectivity index (χ3n) is 10.2. The van der Waals surface area contributed by atoms with Crippen LogP contribution in [0.5, 0.6) is 23.0 Å². The van der Waals surface area contributed by atoms with Crippen LogP contribution in [0.1, 0.15) is 48.2 Å². The molecule has 0 amide bonds. The molecule has 3 aliphatic heterocycles. The summed E-state index contributed by atoms with van der Waals surface area (Å²) in [4.78, 5) is 27.0. The average Bonchev–Trinajstić information content (AvgIpc) is 3.48. The highest BCUT2D eigenvalue weighted by Crippen LogP contribution is 2.52. The Hall–Kier alpha value is -4.34. The van der Waals surface area contributed by atoms with Crippen molar-refractivity contribution in [1.29, 1.82) is 0 Å². The summed E-state index contributed by atoms with van der Waals surface area (Å²) in [5.41, 5.74) is 4.89. The number of fused-ring (bicyclic) bond motifs is 2. The van der Waals surface area contributed by atoms with Crippen molar-refractivity contribution in [2.45, 2.75) is 44.9 Å². The van der Waals surface area contributed by atoms with Crippen molar-refractivity contribution in [2.75, 3.05) is 51.3 Å². The van der Waals surface area contributed by atoms with Crippen LogP contribution in [0.2, 0.25) is 0 Å². The lowest BCUT2D eigenvalue weighted by Gasteiger charge is -2.62. The zero-order chi connectivity index (χ0) is 31.5. The number of hydrogen-bond donors (Lipinski definition) is 1. The number of carbonyl (C=O) groups is 1. The molecular formula is C37H41N5O4. The van der Waals surface area contributed by atoms with Gasteiger partial charge in [-0.1, -0.05) is 6.08 Å². The van der Waals surface area contributed by atoms with Gasteiger partial charge in [-0.3, -0.25) is 14.6 Å². The zero-order valence-electron chi connectivity index (χ0n) is 26.8. The second-order valence-corrected chi connectivity index (χ2v) is 14.0. The van der Waals surface area contributed by atoms with Crippen LogP contribution in [-0.2, 0) is 6.54 Å². The standard InChI is InChI=1S/C37H41N5O4/c1-36(2)8-6-26-14-25(15-33(44-3)34(26)46-36)21-40-10-12-41(13-11-40)30-18-37(19-30)23-42(24-37)29-5-4-28(22-43)32(17-29)45-31-16-27-7-9-38-35(27)39-20-31/h4-9,14-17,20,22,30H,10-13,18-19,21,23-24H2,1-3H3,(H,38,39). The van der Waals surface area contributed by atoms with Crippen LogP contribution >= 0.6 is 0 Å². The molecule has 2 aromatic carbocycles. The number of methoxy groups -OCH3 is 1. The summed E-state index contributed by atoms with van der Waals surface area (Å²) in [5, 5.41) is 0.972. The molecule has 238 valence electrons. The van der Waals surface area contributed by atoms with E-state index >= 15 is 0 Å². The molecule has 9 heteroatoms. The molecule has 3 fully saturated rings. The van der Waals surface area contributed by atoms with Gasteiger partial charge in [-0.15, -0.1) is 0 Å². The fourth-order valence-corrected chi connectivity index (χ4v) is 7.70. The molecule has 1 aliphatic carbocycles. The van der Waals surface area contributed by atoms with Gasteiger partial charge in [0.1, 0.15) is 22.7 Å². The average molecular weight is 620 g/mol. The minimum absolute atomic E-state index is 0.325. The van der Waals surface area contributed by atoms with Gasteiger partial charge in [0.2, 0.25) is 0 Å². The fraction of sp³-hybridized carbons (Fsp3) is 0.405. The van der Waals surface area contributed by atoms with E-state index in [1.807, 2.05) is 36.5 Å². The monoisotopic (exact) mass is 619 g/mol. The van der Waals surface area contributed by atoms with Crippen molar-refractivity contribution in [2.24, 2.45) is 5.41 Å². The highest BCUT2D eigenvalue weighted by molar-refractivity contribution is 5.82. The predicted octanol–water partition coefficient (Wildman–Crippen LogP) is 6.15. The molecule has 9 nitrogen and oxygen atoms in total. The number of anilines is 1. The van der Waals surface area contributed by atoms with E-state index in [0.717, 1.165) is 85.9 Å². The number of piperazine rings is 1. The van der Waals surface area contributed by atoms with Crippen molar-refractivity contribution in [3.8, 4) is 23.0 Å². The van der Waals surface area contributed by atoms with Crippen molar-refractivity contribution in [3.63, 3.8) is 0 Å². The van der Waals surface area contributed by atoms with Gasteiger partial charge < -0.3 is 24.1 Å². The van der Waals surface area contributed by atoms with Gasteiger partial charge in [0, 0.05) is 86.2 Å². The molecule has 1 N–H and O–H groups in total. The molecule has 0 bridgehead atoms. The maximum absolute atomic E-state index is 11.8. The van der Waals surface area contributed by atoms with Gasteiger partial charge in [0.05, 0.1) is 18.9 Å². The van der Waals surface area contributed by atoms with Crippen LogP contribution in [-0.4, -0.2) is 84.1 Å². The maximum atomic E-state index is 11.8. The molecule has 0 unspecified atom stereocenters. The Kier molecular flexibility index (Phi) is 7.06. The van der Waals surface area contributed by atoms with Gasteiger partial charge >= 0.3 is 0 Å². The van der Waals surface area contributed by atoms with Gasteiger partial charge in [-0.25, -0.2) is 4.98 Å². The van der Waals surface area contributed by atoms with Crippen LogP contribution in [0.4, 0.5) is 5.69 Å². The lowest BCUT2D eigenvalue weighted by Crippen LogP contribution is -2.68. The summed E-state index contributed by atoms with van der Waals surface area (Å²) in [6.07, 6.45) is 11.2. The van der Waals surface area contributed by atoms with Crippen molar-refractivity contribution < 1.29 is 19.0 Å². The SMILES string of the molecule is COc1cc(CN2CCN(C3CC4(C3)CN(c3ccc(C=O)c(Oc5cnc6[nH]ccc6c5)c3)C4)CC2)cc2c1OC(C)(C)C=C2. The van der Waals surface area contributed by atoms with Crippen LogP contribution in [0.25, 0.3) is 17.1 Å². The van der Waals surface area contributed by atoms with E-state index in [4.69, 9.17) is 14.2 Å². The molecule has 46 heavy (non-hydrogen) atoms. The molecule has 1 spiro atoms. The summed E-state index contributed by atoms with van der Waals surface area (Å²) in [6.45, 7) is 11.5. The van der Waals surface area contributed by atoms with E-state index in [2.05, 4.69) is 62.8 Å². The number of pyridine rings is 1. The van der Waals surface area contributed by atoms with E-state index in [1.54, 1.807) is 13.3 Å². The number of benzene rings is 2. The summed E-state index contributed by atoms with van der Waals surface area (Å²) in [6, 6.07) is 14.8. The van der Waals surface area contributed by atoms with E-state index < -0.39 is 0 Å². The molecule has 5 heterocycles. The molecule has 0 radical (unpaired) electrons. The topological polar surface area (TPSA) is 83.2 Å². The number of aromatic amines is 1. The number of aromatic nitrogens is 2. The Labute approximate surface area is 269 Å². The van der Waals surface area contributed by atoms with E-state index in [-0.39, 0.29) is 5.60 Å². The van der Waals surface area contributed by atoms with E-state index in [0.29, 0.717) is 28.5 Å². The van der Waals surface area contributed by atoms with Gasteiger partial charge in [-0.05, 0) is 74.7 Å². The number of nitrogens with one attached hydrogen (secondary N) is 1. The normalized spacial score (nSPS) is 20.5. The number of rotatable bonds is 8. The second-order valence-electron chi connectivity index (χ2n) is 14.0. The molecule has 2 saturated heterocycles. The molecule has 1 saturated carbocycles. The number of ether oxygens (including phenoxy) is 3. The van der Waals surface area contributed by atoms with Crippen molar-refractivity contribution in [1.82, 2.24) is 19.8 Å². The Morgan fingerprint density at radius 2 is 1.87 bits per heavy atom. The Morgan fingerprint density at radius 1 is 1.04 bits per heavy atom. The summed E-state index contributed by atoms with van der Waals surface area (Å²) in [7, 11) is 1.72. The van der Waals surface area contributed by atoms with Crippen LogP contribution in [0.15, 0.2) is 60.9 Å². The van der Waals surface area contributed by atoms with Crippen molar-refractivity contribution >= 4 is 29.1 Å². The molecular weight excluding hydrogens is 578 g/mol. The van der Waals surface area contributed by atoms with Gasteiger partial charge in [0.15, 0.2) is 17.8 Å². The molecule has 8 rings (SSSR count). The first-order valence-electron chi connectivity index (χ1n) is 16.3. The Morgan fingerprint density at radius 3 is 2.65 bits per heavy atom. The predicted molar refractivity (Wildman–Crippen MR) is 179 cm³/mol. The lowest BCUT2D eigenvalue weighted by molar-refractivity contribution is -0.0380. The van der Waals surface area contributed by atoms with E-state index in [1.165, 1.54) is 18.4 Å². The molecule has 0 atom stereocenters. The highest BCUT2D eigenvalue weighted by atomic mass is 16.5. The minimum Gasteiger partial charge on any atom is -0.493 e. The lowest BCUT2D eigenvalue weighted by atomic mass is 9.60. The maximum Gasteiger partial charge on any atom is 0.169 e. The first kappa shape index (κ1) is 29.1. The Balaban J connectivity index is 0.839. The zero-order valence-corrected chi connectivity index (χ0v) is 26.8. The van der Waals surface area contributed by atoms with Crippen LogP contribution < -0.4 is 19.1 Å². The van der Waals surface area contributed by atoms with Crippen LogP contribution in [0.3, 0.4) is 0 Å². The number of carbonyl (C=O) groups excluding carboxylic acids is 1. The first-order chi connectivity index (χ1) is 22.3. The Bertz CT molecular complexity index is 1810. The smallest absolute Gasteiger partial charge is 0.169 e. The first-order valence-corrected chi connectivity index (χ1v) is 16.3. The van der Waals surface area contributed by atoms with Gasteiger partial charge in [0.25, 0.3) is 0 Å². The number of aldehydes is 1. The minimum atomic E-state index is -0.325. The summed E-state index contributed by atoms with van der Waals surface area (Å²) in [5.74, 6) is 2.84. The second kappa shape index (κ2) is 11.2. The van der Waals surface area contributed by atoms with Gasteiger partial charge in [-0.2, -0.15) is 0 Å². The van der Waals surface area contributed by atoms with E-state index in [9.17, 15) is 4.79 Å². The number of H-pyrrole nitrogens is 1. The largest absolute Gasteiger partial charge is 0.493 e. The summed E-state index contributed by atoms with van der Waals surface area (Å²) < 4.78 is 18.1. The third kappa shape index (κ3) is 5.41. The molecule has 2 aromatic heterocycles. The fourth-order valence-electron chi connectivity index (χ4n) is 7.70. The highest BCUT2D eigenvalue weighted by Gasteiger charge is 2.54. The van der Waals surface area contributed by atoms with Crippen LogP contribution in [0, 0.1) is 5.41 Å². The number of hydrogen-bond acceptors (Lipinski definition) is 8. The quantitative estimate of drug-likeness (QED) is 0.235. The number of nitrogens with zero attached hydrogens (tertiary/aromatic N) is 4. The molecule has 4 aromatic rings.